The van der Waals surface area contributed by atoms with E-state index >= 15 is 0 Å². The van der Waals surface area contributed by atoms with Crippen molar-refractivity contribution in [1.82, 2.24) is 15.3 Å². The van der Waals surface area contributed by atoms with E-state index in [1.54, 1.807) is 0 Å². The minimum Gasteiger partial charge on any atom is -0.349 e. The Kier molecular flexibility index (Phi) is 6.37. The van der Waals surface area contributed by atoms with E-state index in [0.29, 0.717) is 10.9 Å². The highest BCUT2D eigenvalue weighted by molar-refractivity contribution is 7.99. The van der Waals surface area contributed by atoms with Gasteiger partial charge in [0.25, 0.3) is 0 Å². The third-order valence-corrected chi connectivity index (χ3v) is 5.01. The van der Waals surface area contributed by atoms with Crippen LogP contribution in [0.25, 0.3) is 0 Å². The van der Waals surface area contributed by atoms with Crippen molar-refractivity contribution >= 4 is 17.7 Å². The highest BCUT2D eigenvalue weighted by Gasteiger charge is 2.14. The van der Waals surface area contributed by atoms with Crippen LogP contribution in [0.3, 0.4) is 0 Å². The highest BCUT2D eigenvalue weighted by atomic mass is 32.2. The maximum absolute atomic E-state index is 12.3. The molecule has 1 N–H and O–H groups in total. The lowest BCUT2D eigenvalue weighted by molar-refractivity contribution is -0.119. The number of amides is 1. The average Bonchev–Trinajstić information content (AvgIpc) is 2.56. The van der Waals surface area contributed by atoms with E-state index in [1.807, 2.05) is 20.8 Å². The van der Waals surface area contributed by atoms with E-state index in [1.165, 1.54) is 17.3 Å². The highest BCUT2D eigenvalue weighted by Crippen LogP contribution is 2.19. The van der Waals surface area contributed by atoms with E-state index < -0.39 is 0 Å². The molecular formula is C19H25N3OS. The van der Waals surface area contributed by atoms with Crippen LogP contribution in [-0.4, -0.2) is 21.6 Å². The van der Waals surface area contributed by atoms with Crippen molar-refractivity contribution in [3.63, 3.8) is 0 Å². The van der Waals surface area contributed by atoms with Gasteiger partial charge in [-0.3, -0.25) is 4.79 Å². The lowest BCUT2D eigenvalue weighted by atomic mass is 10.0. The molecular weight excluding hydrogens is 318 g/mol. The molecule has 0 aliphatic rings. The number of nitrogens with one attached hydrogen (secondary N) is 1. The van der Waals surface area contributed by atoms with Crippen molar-refractivity contribution < 1.29 is 4.79 Å². The number of carbonyl (C=O) groups is 1. The van der Waals surface area contributed by atoms with Crippen LogP contribution in [0.15, 0.2) is 29.4 Å². The van der Waals surface area contributed by atoms with Gasteiger partial charge in [-0.1, -0.05) is 48.5 Å². The number of aryl methyl sites for hydroxylation is 3. The van der Waals surface area contributed by atoms with Crippen LogP contribution in [0.2, 0.25) is 0 Å². The fourth-order valence-electron chi connectivity index (χ4n) is 2.39. The molecule has 0 radical (unpaired) electrons. The normalized spacial score (nSPS) is 12.0. The van der Waals surface area contributed by atoms with Crippen molar-refractivity contribution in [2.75, 3.05) is 5.75 Å². The first-order valence-corrected chi connectivity index (χ1v) is 9.19. The molecule has 1 aromatic heterocycles. The lowest BCUT2D eigenvalue weighted by Gasteiger charge is -2.17. The summed E-state index contributed by atoms with van der Waals surface area (Å²) in [5, 5.41) is 3.76. The smallest absolute Gasteiger partial charge is 0.230 e. The summed E-state index contributed by atoms with van der Waals surface area (Å²) in [6.07, 6.45) is 0.860. The van der Waals surface area contributed by atoms with Gasteiger partial charge >= 0.3 is 0 Å². The Morgan fingerprint density at radius 3 is 2.21 bits per heavy atom. The summed E-state index contributed by atoms with van der Waals surface area (Å²) in [4.78, 5) is 21.2. The third kappa shape index (κ3) is 4.81. The molecule has 1 atom stereocenters. The molecule has 1 heterocycles. The van der Waals surface area contributed by atoms with Crippen LogP contribution in [0.1, 0.15) is 47.5 Å². The van der Waals surface area contributed by atoms with Crippen LogP contribution >= 0.6 is 11.8 Å². The van der Waals surface area contributed by atoms with Gasteiger partial charge in [0.2, 0.25) is 5.91 Å². The average molecular weight is 343 g/mol. The lowest BCUT2D eigenvalue weighted by Crippen LogP contribution is -2.29. The topological polar surface area (TPSA) is 54.9 Å². The molecule has 1 amide bonds. The van der Waals surface area contributed by atoms with Gasteiger partial charge in [0, 0.05) is 11.4 Å². The number of hydrogen-bond donors (Lipinski definition) is 1. The first-order chi connectivity index (χ1) is 11.4. The molecule has 0 fully saturated rings. The summed E-state index contributed by atoms with van der Waals surface area (Å²) in [7, 11) is 0. The van der Waals surface area contributed by atoms with E-state index in [9.17, 15) is 4.79 Å². The molecule has 0 unspecified atom stereocenters. The summed E-state index contributed by atoms with van der Waals surface area (Å²) >= 11 is 1.38. The summed E-state index contributed by atoms with van der Waals surface area (Å²) in [5.41, 5.74) is 5.40. The van der Waals surface area contributed by atoms with Crippen molar-refractivity contribution in [2.24, 2.45) is 0 Å². The Labute approximate surface area is 148 Å². The maximum Gasteiger partial charge on any atom is 0.230 e. The Balaban J connectivity index is 1.96. The van der Waals surface area contributed by atoms with Gasteiger partial charge in [0.15, 0.2) is 5.16 Å². The Morgan fingerprint density at radius 1 is 1.08 bits per heavy atom. The molecule has 0 saturated carbocycles. The van der Waals surface area contributed by atoms with Crippen LogP contribution in [0.4, 0.5) is 0 Å². The number of thioether (sulfide) groups is 1. The second-order valence-electron chi connectivity index (χ2n) is 6.03. The number of nitrogens with zero attached hydrogens (tertiary/aromatic N) is 2. The fourth-order valence-corrected chi connectivity index (χ4v) is 3.14. The Morgan fingerprint density at radius 2 is 1.67 bits per heavy atom. The van der Waals surface area contributed by atoms with Crippen molar-refractivity contribution in [3.8, 4) is 0 Å². The van der Waals surface area contributed by atoms with Crippen molar-refractivity contribution in [2.45, 2.75) is 52.2 Å². The summed E-state index contributed by atoms with van der Waals surface area (Å²) in [6, 6.07) is 8.34. The minimum absolute atomic E-state index is 0.00639. The van der Waals surface area contributed by atoms with Crippen LogP contribution < -0.4 is 5.32 Å². The van der Waals surface area contributed by atoms with Crippen molar-refractivity contribution in [3.05, 3.63) is 52.3 Å². The van der Waals surface area contributed by atoms with E-state index in [0.717, 1.165) is 28.9 Å². The van der Waals surface area contributed by atoms with Gasteiger partial charge in [-0.15, -0.1) is 0 Å². The molecule has 128 valence electrons. The summed E-state index contributed by atoms with van der Waals surface area (Å²) in [5.74, 6) is 0.330. The molecule has 0 spiro atoms. The molecule has 4 nitrogen and oxygen atoms in total. The molecule has 5 heteroatoms. The van der Waals surface area contributed by atoms with Gasteiger partial charge in [-0.2, -0.15) is 0 Å². The maximum atomic E-state index is 12.3. The first kappa shape index (κ1) is 18.5. The minimum atomic E-state index is 0.00639. The standard InChI is InChI=1S/C19H25N3OS/c1-6-17(16-9-7-12(2)8-10-16)22-18(23)11-24-19-20-14(4)13(3)15(5)21-19/h7-10,17H,6,11H2,1-5H3,(H,22,23)/t17-/m1/s1. The van der Waals surface area contributed by atoms with E-state index in [4.69, 9.17) is 0 Å². The first-order valence-electron chi connectivity index (χ1n) is 8.21. The number of aromatic nitrogens is 2. The number of benzene rings is 1. The zero-order chi connectivity index (χ0) is 17.7. The molecule has 0 aliphatic carbocycles. The Bertz CT molecular complexity index is 690. The van der Waals surface area contributed by atoms with Gasteiger partial charge < -0.3 is 5.32 Å². The van der Waals surface area contributed by atoms with Crippen LogP contribution in [-0.2, 0) is 4.79 Å². The predicted molar refractivity (Wildman–Crippen MR) is 99.3 cm³/mol. The number of carbonyl (C=O) groups excluding carboxylic acids is 1. The quantitative estimate of drug-likeness (QED) is 0.634. The van der Waals surface area contributed by atoms with Crippen molar-refractivity contribution in [1.29, 1.82) is 0 Å². The van der Waals surface area contributed by atoms with E-state index in [2.05, 4.69) is 53.4 Å². The monoisotopic (exact) mass is 343 g/mol. The molecule has 1 aromatic carbocycles. The molecule has 2 rings (SSSR count). The Hall–Kier alpha value is -1.88. The second-order valence-corrected chi connectivity index (χ2v) is 6.97. The van der Waals surface area contributed by atoms with Crippen LogP contribution in [0.5, 0.6) is 0 Å². The van der Waals surface area contributed by atoms with Gasteiger partial charge in [0.1, 0.15) is 0 Å². The fraction of sp³-hybridized carbons (Fsp3) is 0.421. The van der Waals surface area contributed by atoms with Crippen LogP contribution in [0, 0.1) is 27.7 Å². The second kappa shape index (κ2) is 8.29. The van der Waals surface area contributed by atoms with Gasteiger partial charge in [0.05, 0.1) is 11.8 Å². The zero-order valence-corrected chi connectivity index (χ0v) is 15.8. The van der Waals surface area contributed by atoms with E-state index in [-0.39, 0.29) is 11.9 Å². The molecule has 0 bridgehead atoms. The third-order valence-electron chi connectivity index (χ3n) is 4.17. The molecule has 0 aliphatic heterocycles. The molecule has 24 heavy (non-hydrogen) atoms. The SMILES string of the molecule is CC[C@@H](NC(=O)CSc1nc(C)c(C)c(C)n1)c1ccc(C)cc1. The van der Waals surface area contributed by atoms with Gasteiger partial charge in [-0.25, -0.2) is 9.97 Å². The number of rotatable bonds is 6. The summed E-state index contributed by atoms with van der Waals surface area (Å²) < 4.78 is 0. The molecule has 2 aromatic rings. The largest absolute Gasteiger partial charge is 0.349 e. The molecule has 0 saturated heterocycles. The zero-order valence-electron chi connectivity index (χ0n) is 15.0. The number of hydrogen-bond acceptors (Lipinski definition) is 4. The summed E-state index contributed by atoms with van der Waals surface area (Å²) in [6.45, 7) is 10.1. The van der Waals surface area contributed by atoms with Gasteiger partial charge in [-0.05, 0) is 45.2 Å². The predicted octanol–water partition coefficient (Wildman–Crippen LogP) is 4.07.